The molecule has 2 bridgehead atoms. The van der Waals surface area contributed by atoms with E-state index < -0.39 is 0 Å². The lowest BCUT2D eigenvalue weighted by Gasteiger charge is -2.29. The van der Waals surface area contributed by atoms with Crippen LogP contribution in [0, 0.1) is 11.8 Å². The van der Waals surface area contributed by atoms with Gasteiger partial charge in [0, 0.05) is 0 Å². The van der Waals surface area contributed by atoms with Gasteiger partial charge in [0.15, 0.2) is 0 Å². The molecule has 0 aromatic carbocycles. The Kier molecular flexibility index (Phi) is 0.590. The number of nitrogens with zero attached hydrogens (tertiary/aromatic N) is 2. The molecule has 9 heavy (non-hydrogen) atoms. The molecule has 0 spiro atoms. The summed E-state index contributed by atoms with van der Waals surface area (Å²) in [7, 11) is 0. The number of hydrogen-bond donors (Lipinski definition) is 0. The topological polar surface area (TPSA) is 24.7 Å². The first kappa shape index (κ1) is 4.42. The Hall–Kier alpha value is -0.400. The summed E-state index contributed by atoms with van der Waals surface area (Å²) < 4.78 is 0. The van der Waals surface area contributed by atoms with Crippen molar-refractivity contribution in [3.05, 3.63) is 0 Å². The molecular formula is C7H10N2. The van der Waals surface area contributed by atoms with Crippen LogP contribution in [0.25, 0.3) is 0 Å². The molecule has 1 aliphatic heterocycles. The Bertz CT molecular complexity index is 158. The first-order valence-electron chi connectivity index (χ1n) is 3.85. The number of azo groups is 1. The number of fused-ring (bicyclic) bond motifs is 5. The third-order valence-corrected chi connectivity index (χ3v) is 3.16. The monoisotopic (exact) mass is 122 g/mol. The van der Waals surface area contributed by atoms with Crippen molar-refractivity contribution in [3.8, 4) is 0 Å². The summed E-state index contributed by atoms with van der Waals surface area (Å²) >= 11 is 0. The molecule has 0 aromatic heterocycles. The zero-order valence-electron chi connectivity index (χ0n) is 5.33. The van der Waals surface area contributed by atoms with E-state index in [-0.39, 0.29) is 0 Å². The summed E-state index contributed by atoms with van der Waals surface area (Å²) in [5.74, 6) is 1.88. The molecule has 2 saturated carbocycles. The van der Waals surface area contributed by atoms with E-state index in [2.05, 4.69) is 10.2 Å². The predicted molar refractivity (Wildman–Crippen MR) is 33.3 cm³/mol. The lowest BCUT2D eigenvalue weighted by molar-refractivity contribution is 0.285. The van der Waals surface area contributed by atoms with Gasteiger partial charge in [-0.25, -0.2) is 0 Å². The summed E-state index contributed by atoms with van der Waals surface area (Å²) in [6.07, 6.45) is 4.30. The van der Waals surface area contributed by atoms with E-state index >= 15 is 0 Å². The van der Waals surface area contributed by atoms with Crippen LogP contribution in [0.15, 0.2) is 10.2 Å². The molecule has 4 atom stereocenters. The second-order valence-electron chi connectivity index (χ2n) is 3.55. The van der Waals surface area contributed by atoms with Crippen molar-refractivity contribution < 1.29 is 0 Å². The van der Waals surface area contributed by atoms with E-state index in [9.17, 15) is 0 Å². The summed E-state index contributed by atoms with van der Waals surface area (Å²) in [5, 5.41) is 8.28. The zero-order valence-corrected chi connectivity index (χ0v) is 5.33. The van der Waals surface area contributed by atoms with Gasteiger partial charge in [-0.2, -0.15) is 10.2 Å². The van der Waals surface area contributed by atoms with E-state index in [4.69, 9.17) is 0 Å². The van der Waals surface area contributed by atoms with Crippen molar-refractivity contribution in [2.24, 2.45) is 22.1 Å². The van der Waals surface area contributed by atoms with Crippen LogP contribution in [0.2, 0.25) is 0 Å². The summed E-state index contributed by atoms with van der Waals surface area (Å²) in [6, 6.07) is 1.37. The third kappa shape index (κ3) is 0.364. The molecule has 1 heterocycles. The van der Waals surface area contributed by atoms with Gasteiger partial charge >= 0.3 is 0 Å². The van der Waals surface area contributed by atoms with Gasteiger partial charge in [0.1, 0.15) is 0 Å². The lowest BCUT2D eigenvalue weighted by Crippen LogP contribution is -2.35. The molecule has 48 valence electrons. The Balaban J connectivity index is 2.03. The van der Waals surface area contributed by atoms with Crippen LogP contribution in [0.4, 0.5) is 0 Å². The highest BCUT2D eigenvalue weighted by Crippen LogP contribution is 2.51. The van der Waals surface area contributed by atoms with Crippen molar-refractivity contribution in [2.45, 2.75) is 31.3 Å². The van der Waals surface area contributed by atoms with Crippen molar-refractivity contribution in [2.75, 3.05) is 0 Å². The van der Waals surface area contributed by atoms with Gasteiger partial charge < -0.3 is 0 Å². The molecule has 4 unspecified atom stereocenters. The Morgan fingerprint density at radius 1 is 0.889 bits per heavy atom. The maximum absolute atomic E-state index is 4.14. The van der Waals surface area contributed by atoms with E-state index in [0.29, 0.717) is 12.1 Å². The first-order chi connectivity index (χ1) is 4.45. The van der Waals surface area contributed by atoms with E-state index in [0.717, 1.165) is 11.8 Å². The summed E-state index contributed by atoms with van der Waals surface area (Å²) in [5.41, 5.74) is 0. The van der Waals surface area contributed by atoms with Gasteiger partial charge in [0.05, 0.1) is 12.1 Å². The fourth-order valence-electron chi connectivity index (χ4n) is 2.64. The molecule has 2 fully saturated rings. The average Bonchev–Trinajstić information content (AvgIpc) is 2.18. The van der Waals surface area contributed by atoms with Crippen molar-refractivity contribution in [3.63, 3.8) is 0 Å². The van der Waals surface area contributed by atoms with E-state index in [1.54, 1.807) is 0 Å². The van der Waals surface area contributed by atoms with Crippen LogP contribution in [-0.2, 0) is 0 Å². The zero-order chi connectivity index (χ0) is 5.84. The minimum absolute atomic E-state index is 0.684. The maximum atomic E-state index is 4.14. The molecular weight excluding hydrogens is 112 g/mol. The van der Waals surface area contributed by atoms with Crippen molar-refractivity contribution >= 4 is 0 Å². The van der Waals surface area contributed by atoms with Crippen LogP contribution in [-0.4, -0.2) is 12.1 Å². The third-order valence-electron chi connectivity index (χ3n) is 3.16. The minimum Gasteiger partial charge on any atom is -0.188 e. The molecule has 0 N–H and O–H groups in total. The second-order valence-corrected chi connectivity index (χ2v) is 3.55. The van der Waals surface area contributed by atoms with Crippen molar-refractivity contribution in [1.29, 1.82) is 0 Å². The lowest BCUT2D eigenvalue weighted by atomic mass is 9.90. The molecule has 0 radical (unpaired) electrons. The smallest absolute Gasteiger partial charge is 0.0980 e. The van der Waals surface area contributed by atoms with Gasteiger partial charge in [0.2, 0.25) is 0 Å². The summed E-state index contributed by atoms with van der Waals surface area (Å²) in [4.78, 5) is 0. The summed E-state index contributed by atoms with van der Waals surface area (Å²) in [6.45, 7) is 0. The van der Waals surface area contributed by atoms with Gasteiger partial charge in [-0.1, -0.05) is 0 Å². The fraction of sp³-hybridized carbons (Fsp3) is 1.00. The Morgan fingerprint density at radius 3 is 1.78 bits per heavy atom. The molecule has 0 amide bonds. The van der Waals surface area contributed by atoms with Crippen LogP contribution in [0.3, 0.4) is 0 Å². The highest BCUT2D eigenvalue weighted by molar-refractivity contribution is 5.07. The molecule has 0 aromatic rings. The predicted octanol–water partition coefficient (Wildman–Crippen LogP) is 1.62. The SMILES string of the molecule is C1CC2CC1C1N=NC21. The Morgan fingerprint density at radius 2 is 1.44 bits per heavy atom. The molecule has 3 aliphatic rings. The first-order valence-corrected chi connectivity index (χ1v) is 3.85. The van der Waals surface area contributed by atoms with Crippen molar-refractivity contribution in [1.82, 2.24) is 0 Å². The number of rotatable bonds is 0. The fourth-order valence-corrected chi connectivity index (χ4v) is 2.64. The van der Waals surface area contributed by atoms with Gasteiger partial charge in [-0.15, -0.1) is 0 Å². The normalized spacial score (nSPS) is 59.6. The van der Waals surface area contributed by atoms with Gasteiger partial charge in [0.25, 0.3) is 0 Å². The molecule has 0 saturated heterocycles. The Labute approximate surface area is 54.4 Å². The molecule has 2 aliphatic carbocycles. The second kappa shape index (κ2) is 1.20. The van der Waals surface area contributed by atoms with Gasteiger partial charge in [-0.3, -0.25) is 0 Å². The standard InChI is InChI=1S/C7H10N2/c1-2-5-3-4(1)6-7(5)9-8-6/h4-7H,1-3H2. The highest BCUT2D eigenvalue weighted by Gasteiger charge is 2.51. The molecule has 3 rings (SSSR count). The van der Waals surface area contributed by atoms with Gasteiger partial charge in [-0.05, 0) is 31.1 Å². The van der Waals surface area contributed by atoms with Crippen LogP contribution in [0.1, 0.15) is 19.3 Å². The van der Waals surface area contributed by atoms with E-state index in [1.165, 1.54) is 19.3 Å². The maximum Gasteiger partial charge on any atom is 0.0980 e. The number of hydrogen-bond acceptors (Lipinski definition) is 2. The van der Waals surface area contributed by atoms with E-state index in [1.807, 2.05) is 0 Å². The highest BCUT2D eigenvalue weighted by atomic mass is 15.3. The molecule has 2 heteroatoms. The average molecular weight is 122 g/mol. The van der Waals surface area contributed by atoms with Crippen LogP contribution < -0.4 is 0 Å². The largest absolute Gasteiger partial charge is 0.188 e. The van der Waals surface area contributed by atoms with Crippen LogP contribution in [0.5, 0.6) is 0 Å². The quantitative estimate of drug-likeness (QED) is 0.466. The molecule has 2 nitrogen and oxygen atoms in total. The minimum atomic E-state index is 0.684. The van der Waals surface area contributed by atoms with Crippen LogP contribution >= 0.6 is 0 Å².